The molecular formula is C48H51F5N10O5. The second-order valence-corrected chi connectivity index (χ2v) is 16.7. The van der Waals surface area contributed by atoms with Gasteiger partial charge in [-0.25, -0.2) is 18.4 Å². The van der Waals surface area contributed by atoms with Crippen molar-refractivity contribution in [2.75, 3.05) is 49.1 Å². The third-order valence-electron chi connectivity index (χ3n) is 12.1. The number of carbonyl (C=O) groups excluding carboxylic acids is 5. The van der Waals surface area contributed by atoms with Gasteiger partial charge in [-0.1, -0.05) is 24.3 Å². The van der Waals surface area contributed by atoms with Crippen LogP contribution in [0.4, 0.5) is 42.9 Å². The average Bonchev–Trinajstić information content (AvgIpc) is 3.92. The maximum atomic E-state index is 15.1. The minimum absolute atomic E-state index is 0.0572. The van der Waals surface area contributed by atoms with Crippen molar-refractivity contribution in [2.45, 2.75) is 57.8 Å². The third kappa shape index (κ3) is 11.3. The van der Waals surface area contributed by atoms with E-state index in [1.807, 2.05) is 36.2 Å². The SMILES string of the molecule is Cn1ncc2ccc(N(Cc3ccc(C(=O)CN)cc3F)C(=O)N3CCCCC3)cc21.Cn1ncc2ccc(N(Cc3ccc(C(=O)CNC(=O)C(F)(F)F)cc3F)C(=O)N3CCCCC3)cc21. The van der Waals surface area contributed by atoms with Crippen LogP contribution in [-0.2, 0) is 32.0 Å². The summed E-state index contributed by atoms with van der Waals surface area (Å²) in [6, 6.07) is 18.4. The highest BCUT2D eigenvalue weighted by atomic mass is 19.4. The fraction of sp³-hybridized carbons (Fsp3) is 0.354. The molecule has 6 aromatic rings. The number of urea groups is 2. The van der Waals surface area contributed by atoms with Crippen molar-refractivity contribution in [3.05, 3.63) is 119 Å². The smallest absolute Gasteiger partial charge is 0.341 e. The Morgan fingerprint density at radius 1 is 0.618 bits per heavy atom. The van der Waals surface area contributed by atoms with E-state index in [1.165, 1.54) is 28.4 Å². The van der Waals surface area contributed by atoms with Crippen LogP contribution in [0.1, 0.15) is 70.4 Å². The molecule has 4 heterocycles. The Labute approximate surface area is 388 Å². The lowest BCUT2D eigenvalue weighted by molar-refractivity contribution is -0.173. The highest BCUT2D eigenvalue weighted by molar-refractivity contribution is 6.00. The molecule has 0 bridgehead atoms. The molecule has 358 valence electrons. The molecule has 8 rings (SSSR count). The van der Waals surface area contributed by atoms with Gasteiger partial charge in [0.2, 0.25) is 0 Å². The van der Waals surface area contributed by atoms with Gasteiger partial charge >= 0.3 is 24.1 Å². The topological polar surface area (TPSA) is 172 Å². The summed E-state index contributed by atoms with van der Waals surface area (Å²) in [5, 5.41) is 11.8. The number of likely N-dealkylation sites (tertiary alicyclic amines) is 2. The first-order valence-corrected chi connectivity index (χ1v) is 22.2. The lowest BCUT2D eigenvalue weighted by Gasteiger charge is -2.33. The van der Waals surface area contributed by atoms with Gasteiger partial charge in [-0.05, 0) is 87.1 Å². The summed E-state index contributed by atoms with van der Waals surface area (Å²) in [7, 11) is 3.62. The Balaban J connectivity index is 0.000000204. The molecule has 2 saturated heterocycles. The van der Waals surface area contributed by atoms with Gasteiger partial charge in [0.15, 0.2) is 11.6 Å². The molecule has 4 aromatic carbocycles. The molecule has 2 aliphatic heterocycles. The van der Waals surface area contributed by atoms with Crippen LogP contribution in [0.3, 0.4) is 0 Å². The van der Waals surface area contributed by atoms with Gasteiger partial charge in [0.25, 0.3) is 0 Å². The summed E-state index contributed by atoms with van der Waals surface area (Å²) in [5.74, 6) is -4.79. The van der Waals surface area contributed by atoms with Gasteiger partial charge in [-0.2, -0.15) is 23.4 Å². The molecule has 0 unspecified atom stereocenters. The molecule has 20 heteroatoms. The second kappa shape index (κ2) is 21.2. The number of alkyl halides is 3. The van der Waals surface area contributed by atoms with Crippen molar-refractivity contribution in [3.8, 4) is 0 Å². The van der Waals surface area contributed by atoms with Gasteiger partial charge in [0.05, 0.1) is 49.6 Å². The van der Waals surface area contributed by atoms with Crippen LogP contribution in [0.2, 0.25) is 0 Å². The number of Topliss-reactive ketones (excluding diaryl/α,β-unsaturated/α-hetero) is 2. The van der Waals surface area contributed by atoms with E-state index in [0.29, 0.717) is 43.1 Å². The summed E-state index contributed by atoms with van der Waals surface area (Å²) in [4.78, 5) is 68.5. The predicted octanol–water partition coefficient (Wildman–Crippen LogP) is 7.65. The van der Waals surface area contributed by atoms with Crippen molar-refractivity contribution in [1.82, 2.24) is 34.7 Å². The van der Waals surface area contributed by atoms with Crippen LogP contribution in [0.25, 0.3) is 21.8 Å². The molecule has 0 spiro atoms. The fourth-order valence-corrected chi connectivity index (χ4v) is 8.17. The number of ketones is 2. The zero-order chi connectivity index (χ0) is 48.7. The normalized spacial score (nSPS) is 14.1. The van der Waals surface area contributed by atoms with Crippen LogP contribution >= 0.6 is 0 Å². The predicted molar refractivity (Wildman–Crippen MR) is 245 cm³/mol. The fourth-order valence-electron chi connectivity index (χ4n) is 8.17. The number of nitrogens with one attached hydrogen (secondary N) is 1. The zero-order valence-electron chi connectivity index (χ0n) is 37.6. The van der Waals surface area contributed by atoms with Crippen LogP contribution in [0, 0.1) is 11.6 Å². The number of hydrogen-bond donors (Lipinski definition) is 2. The molecule has 15 nitrogen and oxygen atoms in total. The first-order chi connectivity index (χ1) is 32.5. The van der Waals surface area contributed by atoms with Crippen LogP contribution < -0.4 is 20.9 Å². The number of aryl methyl sites for hydroxylation is 2. The van der Waals surface area contributed by atoms with Gasteiger partial charge in [-0.3, -0.25) is 33.5 Å². The van der Waals surface area contributed by atoms with Gasteiger partial charge in [0, 0.05) is 84.7 Å². The number of halogens is 5. The van der Waals surface area contributed by atoms with E-state index in [-0.39, 0.29) is 54.2 Å². The molecule has 3 N–H and O–H groups in total. The lowest BCUT2D eigenvalue weighted by Crippen LogP contribution is -2.45. The Hall–Kier alpha value is -7.22. The minimum atomic E-state index is -5.13. The Bertz CT molecular complexity index is 2830. The second-order valence-electron chi connectivity index (χ2n) is 16.7. The van der Waals surface area contributed by atoms with Crippen LogP contribution in [0.15, 0.2) is 85.2 Å². The Morgan fingerprint density at radius 2 is 1.04 bits per heavy atom. The van der Waals surface area contributed by atoms with Crippen molar-refractivity contribution in [2.24, 2.45) is 19.8 Å². The van der Waals surface area contributed by atoms with E-state index >= 15 is 4.39 Å². The van der Waals surface area contributed by atoms with E-state index in [4.69, 9.17) is 5.73 Å². The largest absolute Gasteiger partial charge is 0.471 e. The van der Waals surface area contributed by atoms with Crippen molar-refractivity contribution in [3.63, 3.8) is 0 Å². The number of nitrogens with zero attached hydrogens (tertiary/aromatic N) is 8. The van der Waals surface area contributed by atoms with Crippen LogP contribution in [-0.4, -0.2) is 104 Å². The van der Waals surface area contributed by atoms with E-state index < -0.39 is 36.0 Å². The monoisotopic (exact) mass is 942 g/mol. The summed E-state index contributed by atoms with van der Waals surface area (Å²) < 4.78 is 70.4. The number of nitrogens with two attached hydrogens (primary N) is 1. The number of amides is 5. The summed E-state index contributed by atoms with van der Waals surface area (Å²) in [6.45, 7) is 1.37. The van der Waals surface area contributed by atoms with Gasteiger partial charge in [-0.15, -0.1) is 0 Å². The van der Waals surface area contributed by atoms with Crippen molar-refractivity contribution >= 4 is 62.7 Å². The molecule has 0 saturated carbocycles. The maximum Gasteiger partial charge on any atom is 0.471 e. The highest BCUT2D eigenvalue weighted by Gasteiger charge is 2.38. The van der Waals surface area contributed by atoms with E-state index in [2.05, 4.69) is 10.2 Å². The van der Waals surface area contributed by atoms with Gasteiger partial charge in [0.1, 0.15) is 11.6 Å². The molecule has 0 atom stereocenters. The first kappa shape index (κ1) is 48.7. The summed E-state index contributed by atoms with van der Waals surface area (Å²) in [5.41, 5.74) is 8.76. The first-order valence-electron chi connectivity index (χ1n) is 22.2. The van der Waals surface area contributed by atoms with E-state index in [0.717, 1.165) is 66.4 Å². The van der Waals surface area contributed by atoms with Gasteiger partial charge < -0.3 is 20.9 Å². The molecule has 2 aromatic heterocycles. The molecule has 2 aliphatic rings. The Kier molecular flexibility index (Phi) is 15.2. The quantitative estimate of drug-likeness (QED) is 0.0985. The number of anilines is 2. The number of hydrogen-bond acceptors (Lipinski definition) is 8. The summed E-state index contributed by atoms with van der Waals surface area (Å²) >= 11 is 0. The molecule has 68 heavy (non-hydrogen) atoms. The third-order valence-corrected chi connectivity index (χ3v) is 12.1. The number of benzene rings is 4. The number of aromatic nitrogens is 4. The number of rotatable bonds is 11. The standard InChI is InChI=1S/C25H25F4N5O3.C23H26FN5O2/c1-32-21-12-19(8-7-17(21)13-31-32)34(24(37)33-9-3-2-4-10-33)15-18-6-5-16(11-20(18)26)22(35)14-30-23(36)25(27,28)29;1-27-21-12-19(8-7-17(21)14-26-27)29(23(31)28-9-3-2-4-10-28)15-18-6-5-16(11-20(18)24)22(30)13-25/h5-8,11-13H,2-4,9-10,14-15H2,1H3,(H,30,36);5-8,11-12,14H,2-4,9-10,13,15,25H2,1H3. The lowest BCUT2D eigenvalue weighted by atomic mass is 10.1. The average molecular weight is 943 g/mol. The minimum Gasteiger partial charge on any atom is -0.341 e. The molecule has 0 radical (unpaired) electrons. The number of carbonyl (C=O) groups is 5. The molecule has 0 aliphatic carbocycles. The van der Waals surface area contributed by atoms with Crippen molar-refractivity contribution in [1.29, 1.82) is 0 Å². The zero-order valence-corrected chi connectivity index (χ0v) is 37.6. The van der Waals surface area contributed by atoms with Crippen molar-refractivity contribution < 1.29 is 45.9 Å². The van der Waals surface area contributed by atoms with E-state index in [1.54, 1.807) is 62.9 Å². The molecule has 5 amide bonds. The summed E-state index contributed by atoms with van der Waals surface area (Å²) in [6.07, 6.45) is 4.14. The van der Waals surface area contributed by atoms with E-state index in [9.17, 15) is 41.5 Å². The van der Waals surface area contributed by atoms with Crippen LogP contribution in [0.5, 0.6) is 0 Å². The molecular weight excluding hydrogens is 892 g/mol. The maximum absolute atomic E-state index is 15.1. The Morgan fingerprint density at radius 3 is 1.44 bits per heavy atom. The number of piperidine rings is 2. The number of fused-ring (bicyclic) bond motifs is 2. The highest BCUT2D eigenvalue weighted by Crippen LogP contribution is 2.29. The molecule has 2 fully saturated rings.